The molecule has 2 rings (SSSR count). The number of aliphatic imine (C=N–C) groups is 1. The van der Waals surface area contributed by atoms with Gasteiger partial charge in [0.05, 0.1) is 4.91 Å². The number of nitrogens with one attached hydrogen (secondary N) is 2. The summed E-state index contributed by atoms with van der Waals surface area (Å²) in [4.78, 5) is 5.56. The first-order chi connectivity index (χ1) is 10.5. The van der Waals surface area contributed by atoms with Gasteiger partial charge in [0.25, 0.3) is 0 Å². The predicted molar refractivity (Wildman–Crippen MR) is 89.2 cm³/mol. The molecular formula is C15H18FN5S. The molecule has 0 aliphatic carbocycles. The lowest BCUT2D eigenvalue weighted by molar-refractivity contribution is 0.624. The zero-order chi connectivity index (χ0) is 16.1. The molecule has 116 valence electrons. The summed E-state index contributed by atoms with van der Waals surface area (Å²) in [5.74, 6) is 0.0328. The van der Waals surface area contributed by atoms with E-state index in [-0.39, 0.29) is 11.7 Å². The van der Waals surface area contributed by atoms with Crippen LogP contribution in [-0.2, 0) is 0 Å². The molecule has 0 aromatic heterocycles. The van der Waals surface area contributed by atoms with Crippen LogP contribution in [0, 0.1) is 11.2 Å². The minimum absolute atomic E-state index is 0.123. The second kappa shape index (κ2) is 7.24. The van der Waals surface area contributed by atoms with Gasteiger partial charge in [-0.25, -0.2) is 9.38 Å². The van der Waals surface area contributed by atoms with Crippen LogP contribution in [0.15, 0.2) is 56.7 Å². The van der Waals surface area contributed by atoms with Gasteiger partial charge in [-0.2, -0.15) is 0 Å². The summed E-state index contributed by atoms with van der Waals surface area (Å²) < 4.78 is 13.3. The lowest BCUT2D eigenvalue weighted by Gasteiger charge is -2.18. The molecule has 1 heterocycles. The van der Waals surface area contributed by atoms with Gasteiger partial charge < -0.3 is 16.8 Å². The Morgan fingerprint density at radius 3 is 2.86 bits per heavy atom. The van der Waals surface area contributed by atoms with E-state index in [1.165, 1.54) is 23.9 Å². The van der Waals surface area contributed by atoms with Gasteiger partial charge in [0.2, 0.25) is 0 Å². The lowest BCUT2D eigenvalue weighted by atomic mass is 10.2. The summed E-state index contributed by atoms with van der Waals surface area (Å²) in [5.41, 5.74) is 13.0. The van der Waals surface area contributed by atoms with Crippen LogP contribution in [0.4, 0.5) is 4.39 Å². The first kappa shape index (κ1) is 16.3. The van der Waals surface area contributed by atoms with Crippen LogP contribution < -0.4 is 16.8 Å². The Morgan fingerprint density at radius 1 is 1.45 bits per heavy atom. The molecule has 1 aliphatic rings. The number of nitrogens with two attached hydrogens (primary N) is 2. The molecule has 0 unspecified atom stereocenters. The number of hydrogen-bond donors (Lipinski definition) is 4. The molecule has 0 radical (unpaired) electrons. The number of hydrogen-bond acceptors (Lipinski definition) is 5. The number of thioether (sulfide) groups is 1. The average molecular weight is 319 g/mol. The van der Waals surface area contributed by atoms with Crippen molar-refractivity contribution in [2.45, 2.75) is 18.2 Å². The number of nitrogens with zero attached hydrogens (tertiary/aromatic N) is 1. The van der Waals surface area contributed by atoms with E-state index in [4.69, 9.17) is 16.9 Å². The SMILES string of the molecule is CC1=CC(CCN)=N/C(=C(\Sc2cccc(F)c2)C(=N)N)N1. The van der Waals surface area contributed by atoms with E-state index >= 15 is 0 Å². The smallest absolute Gasteiger partial charge is 0.148 e. The molecule has 0 saturated heterocycles. The van der Waals surface area contributed by atoms with E-state index in [2.05, 4.69) is 10.3 Å². The summed E-state index contributed by atoms with van der Waals surface area (Å²) in [6, 6.07) is 6.13. The van der Waals surface area contributed by atoms with Crippen molar-refractivity contribution >= 4 is 23.3 Å². The summed E-state index contributed by atoms with van der Waals surface area (Å²) in [7, 11) is 0. The van der Waals surface area contributed by atoms with Gasteiger partial charge in [-0.15, -0.1) is 0 Å². The van der Waals surface area contributed by atoms with Crippen LogP contribution in [0.1, 0.15) is 13.3 Å². The van der Waals surface area contributed by atoms with Crippen molar-refractivity contribution < 1.29 is 4.39 Å². The highest BCUT2D eigenvalue weighted by atomic mass is 32.2. The fourth-order valence-corrected chi connectivity index (χ4v) is 2.80. The molecule has 0 spiro atoms. The highest BCUT2D eigenvalue weighted by Gasteiger charge is 2.16. The Balaban J connectivity index is 2.38. The van der Waals surface area contributed by atoms with Gasteiger partial charge in [0.15, 0.2) is 0 Å². The number of benzene rings is 1. The maximum atomic E-state index is 13.3. The van der Waals surface area contributed by atoms with E-state index < -0.39 is 0 Å². The van der Waals surface area contributed by atoms with E-state index in [1.54, 1.807) is 12.1 Å². The largest absolute Gasteiger partial charge is 0.383 e. The molecular weight excluding hydrogens is 301 g/mol. The van der Waals surface area contributed by atoms with Gasteiger partial charge in [0.1, 0.15) is 17.5 Å². The second-order valence-corrected chi connectivity index (χ2v) is 5.83. The molecule has 0 fully saturated rings. The Kier molecular flexibility index (Phi) is 5.35. The van der Waals surface area contributed by atoms with Crippen molar-refractivity contribution in [3.63, 3.8) is 0 Å². The van der Waals surface area contributed by atoms with Gasteiger partial charge in [-0.05, 0) is 37.7 Å². The highest BCUT2D eigenvalue weighted by molar-refractivity contribution is 8.04. The maximum absolute atomic E-state index is 13.3. The quantitative estimate of drug-likeness (QED) is 0.380. The topological polar surface area (TPSA) is 100 Å². The monoisotopic (exact) mass is 319 g/mol. The molecule has 0 bridgehead atoms. The van der Waals surface area contributed by atoms with Crippen LogP contribution in [0.2, 0.25) is 0 Å². The van der Waals surface area contributed by atoms with Crippen molar-refractivity contribution in [2.24, 2.45) is 16.5 Å². The Labute approximate surface area is 132 Å². The Bertz CT molecular complexity index is 678. The van der Waals surface area contributed by atoms with E-state index in [0.29, 0.717) is 28.6 Å². The van der Waals surface area contributed by atoms with Crippen molar-refractivity contribution in [3.05, 3.63) is 52.6 Å². The molecule has 0 saturated carbocycles. The maximum Gasteiger partial charge on any atom is 0.148 e. The van der Waals surface area contributed by atoms with Gasteiger partial charge in [0, 0.05) is 22.7 Å². The third-order valence-corrected chi connectivity index (χ3v) is 3.94. The number of allylic oxidation sites excluding steroid dienone is 2. The normalized spacial score (nSPS) is 16.5. The molecule has 1 aliphatic heterocycles. The van der Waals surface area contributed by atoms with Crippen LogP contribution in [0.3, 0.4) is 0 Å². The first-order valence-electron chi connectivity index (χ1n) is 6.74. The van der Waals surface area contributed by atoms with Crippen LogP contribution >= 0.6 is 11.8 Å². The number of amidine groups is 1. The van der Waals surface area contributed by atoms with Crippen molar-refractivity contribution in [1.82, 2.24) is 5.32 Å². The Morgan fingerprint density at radius 2 is 2.23 bits per heavy atom. The number of rotatable bonds is 5. The molecule has 7 heteroatoms. The van der Waals surface area contributed by atoms with Gasteiger partial charge >= 0.3 is 0 Å². The van der Waals surface area contributed by atoms with Crippen molar-refractivity contribution in [2.75, 3.05) is 6.54 Å². The zero-order valence-electron chi connectivity index (χ0n) is 12.2. The summed E-state index contributed by atoms with van der Waals surface area (Å²) in [5, 5.41) is 10.9. The predicted octanol–water partition coefficient (Wildman–Crippen LogP) is 2.32. The minimum Gasteiger partial charge on any atom is -0.383 e. The molecule has 6 N–H and O–H groups in total. The molecule has 22 heavy (non-hydrogen) atoms. The summed E-state index contributed by atoms with van der Waals surface area (Å²) in [6.07, 6.45) is 2.54. The van der Waals surface area contributed by atoms with Crippen molar-refractivity contribution in [1.29, 1.82) is 5.41 Å². The third kappa shape index (κ3) is 4.19. The summed E-state index contributed by atoms with van der Waals surface area (Å²) >= 11 is 1.20. The molecule has 1 aromatic rings. The lowest BCUT2D eigenvalue weighted by Crippen LogP contribution is -2.23. The van der Waals surface area contributed by atoms with Crippen LogP contribution in [-0.4, -0.2) is 18.1 Å². The fraction of sp³-hybridized carbons (Fsp3) is 0.200. The molecule has 1 aromatic carbocycles. The van der Waals surface area contributed by atoms with Crippen LogP contribution in [0.25, 0.3) is 0 Å². The van der Waals surface area contributed by atoms with E-state index in [0.717, 1.165) is 11.4 Å². The zero-order valence-corrected chi connectivity index (χ0v) is 13.0. The Hall–Kier alpha value is -2.12. The number of halogens is 1. The first-order valence-corrected chi connectivity index (χ1v) is 7.56. The minimum atomic E-state index is -0.335. The van der Waals surface area contributed by atoms with Crippen LogP contribution in [0.5, 0.6) is 0 Å². The molecule has 0 amide bonds. The second-order valence-electron chi connectivity index (χ2n) is 4.75. The fourth-order valence-electron chi connectivity index (χ4n) is 1.94. The average Bonchev–Trinajstić information content (AvgIpc) is 2.44. The van der Waals surface area contributed by atoms with E-state index in [9.17, 15) is 4.39 Å². The van der Waals surface area contributed by atoms with Crippen molar-refractivity contribution in [3.8, 4) is 0 Å². The third-order valence-electron chi connectivity index (χ3n) is 2.83. The standard InChI is InChI=1S/C15H18FN5S/c1-9-7-11(5-6-17)21-15(20-9)13(14(18)19)22-12-4-2-3-10(16)8-12/h2-4,7-8,20H,5-6,17H2,1H3,(H3,18,19)/b15-13-. The van der Waals surface area contributed by atoms with Gasteiger partial charge in [-0.1, -0.05) is 17.8 Å². The highest BCUT2D eigenvalue weighted by Crippen LogP contribution is 2.30. The molecule has 5 nitrogen and oxygen atoms in total. The molecule has 0 atom stereocenters. The summed E-state index contributed by atoms with van der Waals surface area (Å²) in [6.45, 7) is 2.39. The van der Waals surface area contributed by atoms with E-state index in [1.807, 2.05) is 13.0 Å². The van der Waals surface area contributed by atoms with Gasteiger partial charge in [-0.3, -0.25) is 5.41 Å².